The van der Waals surface area contributed by atoms with Crippen molar-refractivity contribution in [2.75, 3.05) is 46.8 Å². The number of rotatable bonds is 12. The van der Waals surface area contributed by atoms with Gasteiger partial charge < -0.3 is 24.1 Å². The lowest BCUT2D eigenvalue weighted by Crippen LogP contribution is -2.12. The molecule has 0 fully saturated rings. The minimum Gasteiger partial charge on any atom is -0.491 e. The Kier molecular flexibility index (Phi) is 9.82. The van der Waals surface area contributed by atoms with Crippen LogP contribution in [0, 0.1) is 0 Å². The van der Waals surface area contributed by atoms with Gasteiger partial charge >= 0.3 is 0 Å². The molecule has 0 unspecified atom stereocenters. The quantitative estimate of drug-likeness (QED) is 0.599. The number of methoxy groups -OCH3 is 1. The summed E-state index contributed by atoms with van der Waals surface area (Å²) in [6.45, 7) is 5.27. The normalized spacial score (nSPS) is 12.3. The van der Waals surface area contributed by atoms with E-state index in [0.29, 0.717) is 46.1 Å². The van der Waals surface area contributed by atoms with Crippen LogP contribution in [0.3, 0.4) is 0 Å². The molecule has 0 bridgehead atoms. The van der Waals surface area contributed by atoms with Crippen molar-refractivity contribution in [2.24, 2.45) is 0 Å². The van der Waals surface area contributed by atoms with Crippen LogP contribution in [-0.4, -0.2) is 51.9 Å². The molecule has 5 nitrogen and oxygen atoms in total. The molecular formula is C16H26O5. The first kappa shape index (κ1) is 17.9. The van der Waals surface area contributed by atoms with Gasteiger partial charge in [0.25, 0.3) is 0 Å². The first-order valence-corrected chi connectivity index (χ1v) is 7.33. The van der Waals surface area contributed by atoms with E-state index in [1.807, 2.05) is 31.2 Å². The largest absolute Gasteiger partial charge is 0.491 e. The van der Waals surface area contributed by atoms with Gasteiger partial charge in [0.05, 0.1) is 39.1 Å². The second-order valence-electron chi connectivity index (χ2n) is 4.56. The summed E-state index contributed by atoms with van der Waals surface area (Å²) < 4.78 is 21.1. The molecule has 0 aliphatic rings. The number of aliphatic hydroxyl groups is 1. The molecule has 0 radical (unpaired) electrons. The molecule has 0 aromatic heterocycles. The van der Waals surface area contributed by atoms with E-state index in [9.17, 15) is 5.11 Å². The predicted octanol–water partition coefficient (Wildman–Crippen LogP) is 2.19. The van der Waals surface area contributed by atoms with Gasteiger partial charge in [-0.05, 0) is 24.1 Å². The van der Waals surface area contributed by atoms with E-state index >= 15 is 0 Å². The van der Waals surface area contributed by atoms with E-state index in [2.05, 4.69) is 0 Å². The van der Waals surface area contributed by atoms with E-state index < -0.39 is 6.10 Å². The summed E-state index contributed by atoms with van der Waals surface area (Å²) >= 11 is 0. The Hall–Kier alpha value is -1.14. The molecule has 0 aliphatic heterocycles. The van der Waals surface area contributed by atoms with Gasteiger partial charge in [-0.25, -0.2) is 0 Å². The van der Waals surface area contributed by atoms with Gasteiger partial charge in [-0.3, -0.25) is 0 Å². The van der Waals surface area contributed by atoms with Crippen molar-refractivity contribution in [2.45, 2.75) is 19.4 Å². The van der Waals surface area contributed by atoms with Gasteiger partial charge in [0.15, 0.2) is 0 Å². The van der Waals surface area contributed by atoms with Gasteiger partial charge in [0.2, 0.25) is 0 Å². The van der Waals surface area contributed by atoms with E-state index in [0.717, 1.165) is 11.3 Å². The zero-order valence-electron chi connectivity index (χ0n) is 12.9. The Morgan fingerprint density at radius 1 is 0.905 bits per heavy atom. The number of benzene rings is 1. The summed E-state index contributed by atoms with van der Waals surface area (Å²) in [5, 5.41) is 9.69. The molecular weight excluding hydrogens is 272 g/mol. The Bertz CT molecular complexity index is 352. The molecule has 1 aromatic rings. The number of aliphatic hydroxyl groups excluding tert-OH is 1. The summed E-state index contributed by atoms with van der Waals surface area (Å²) in [5.74, 6) is 0.780. The van der Waals surface area contributed by atoms with Gasteiger partial charge in [0.1, 0.15) is 12.4 Å². The van der Waals surface area contributed by atoms with Crippen molar-refractivity contribution in [3.63, 3.8) is 0 Å². The first-order chi connectivity index (χ1) is 10.3. The van der Waals surface area contributed by atoms with Crippen LogP contribution < -0.4 is 4.74 Å². The lowest BCUT2D eigenvalue weighted by atomic mass is 10.1. The highest BCUT2D eigenvalue weighted by atomic mass is 16.6. The molecule has 0 spiro atoms. The van der Waals surface area contributed by atoms with Gasteiger partial charge in [-0.15, -0.1) is 0 Å². The molecule has 0 saturated carbocycles. The maximum absolute atomic E-state index is 9.69. The van der Waals surface area contributed by atoms with Crippen molar-refractivity contribution in [3.05, 3.63) is 29.8 Å². The third kappa shape index (κ3) is 8.02. The van der Waals surface area contributed by atoms with E-state index in [4.69, 9.17) is 18.9 Å². The van der Waals surface area contributed by atoms with Gasteiger partial charge in [-0.1, -0.05) is 19.1 Å². The summed E-state index contributed by atoms with van der Waals surface area (Å²) in [6.07, 6.45) is 0.307. The maximum Gasteiger partial charge on any atom is 0.119 e. The fraction of sp³-hybridized carbons (Fsp3) is 0.625. The fourth-order valence-corrected chi connectivity index (χ4v) is 1.70. The summed E-state index contributed by atoms with van der Waals surface area (Å²) in [5.41, 5.74) is 0.911. The highest BCUT2D eigenvalue weighted by molar-refractivity contribution is 5.28. The number of hydrogen-bond acceptors (Lipinski definition) is 5. The molecule has 1 rings (SSSR count). The Labute approximate surface area is 126 Å². The molecule has 1 atom stereocenters. The van der Waals surface area contributed by atoms with E-state index in [1.165, 1.54) is 0 Å². The van der Waals surface area contributed by atoms with Crippen LogP contribution in [0.2, 0.25) is 0 Å². The predicted molar refractivity (Wildman–Crippen MR) is 80.7 cm³/mol. The molecule has 120 valence electrons. The maximum atomic E-state index is 9.69. The second-order valence-corrected chi connectivity index (χ2v) is 4.56. The lowest BCUT2D eigenvalue weighted by molar-refractivity contribution is 0.0179. The molecule has 0 amide bonds. The second kappa shape index (κ2) is 11.5. The van der Waals surface area contributed by atoms with Gasteiger partial charge in [-0.2, -0.15) is 0 Å². The lowest BCUT2D eigenvalue weighted by Gasteiger charge is -2.10. The van der Waals surface area contributed by atoms with E-state index in [1.54, 1.807) is 7.11 Å². The smallest absolute Gasteiger partial charge is 0.119 e. The molecule has 1 N–H and O–H groups in total. The van der Waals surface area contributed by atoms with Gasteiger partial charge in [0, 0.05) is 7.11 Å². The van der Waals surface area contributed by atoms with Crippen LogP contribution in [0.5, 0.6) is 5.75 Å². The average molecular weight is 298 g/mol. The van der Waals surface area contributed by atoms with Crippen LogP contribution in [0.4, 0.5) is 0 Å². The average Bonchev–Trinajstić information content (AvgIpc) is 2.53. The zero-order valence-corrected chi connectivity index (χ0v) is 12.9. The monoisotopic (exact) mass is 298 g/mol. The summed E-state index contributed by atoms with van der Waals surface area (Å²) in [6, 6.07) is 7.49. The molecule has 0 heterocycles. The third-order valence-corrected chi connectivity index (χ3v) is 2.95. The van der Waals surface area contributed by atoms with Crippen LogP contribution in [0.25, 0.3) is 0 Å². The van der Waals surface area contributed by atoms with Crippen LogP contribution >= 0.6 is 0 Å². The summed E-state index contributed by atoms with van der Waals surface area (Å²) in [4.78, 5) is 0. The number of hydrogen-bond donors (Lipinski definition) is 1. The number of ether oxygens (including phenoxy) is 4. The first-order valence-electron chi connectivity index (χ1n) is 7.33. The molecule has 0 aliphatic carbocycles. The van der Waals surface area contributed by atoms with E-state index in [-0.39, 0.29) is 0 Å². The van der Waals surface area contributed by atoms with Crippen molar-refractivity contribution in [1.29, 1.82) is 0 Å². The highest BCUT2D eigenvalue weighted by Gasteiger charge is 2.04. The minimum atomic E-state index is -0.402. The topological polar surface area (TPSA) is 57.2 Å². The summed E-state index contributed by atoms with van der Waals surface area (Å²) in [7, 11) is 1.65. The van der Waals surface area contributed by atoms with Crippen molar-refractivity contribution in [1.82, 2.24) is 0 Å². The molecule has 0 saturated heterocycles. The fourth-order valence-electron chi connectivity index (χ4n) is 1.70. The van der Waals surface area contributed by atoms with Crippen LogP contribution in [0.15, 0.2) is 24.3 Å². The van der Waals surface area contributed by atoms with Crippen LogP contribution in [-0.2, 0) is 14.2 Å². The van der Waals surface area contributed by atoms with Crippen LogP contribution in [0.1, 0.15) is 25.0 Å². The third-order valence-electron chi connectivity index (χ3n) is 2.95. The molecule has 1 aromatic carbocycles. The Balaban J connectivity index is 2.05. The molecule has 5 heteroatoms. The van der Waals surface area contributed by atoms with Crippen molar-refractivity contribution < 1.29 is 24.1 Å². The standard InChI is InChI=1S/C16H26O5/c1-3-16(17)14-4-6-15(7-5-14)21-13-12-20-11-10-19-9-8-18-2/h4-7,16-17H,3,8-13H2,1-2H3/t16-/m0/s1. The zero-order chi connectivity index (χ0) is 15.3. The Morgan fingerprint density at radius 2 is 1.48 bits per heavy atom. The molecule has 21 heavy (non-hydrogen) atoms. The SMILES string of the molecule is CC[C@H](O)c1ccc(OCCOCCOCCOC)cc1. The van der Waals surface area contributed by atoms with Crippen molar-refractivity contribution in [3.8, 4) is 5.75 Å². The Morgan fingerprint density at radius 3 is 2.05 bits per heavy atom. The highest BCUT2D eigenvalue weighted by Crippen LogP contribution is 2.19. The van der Waals surface area contributed by atoms with Crippen molar-refractivity contribution >= 4 is 0 Å². The minimum absolute atomic E-state index is 0.402.